The van der Waals surface area contributed by atoms with Crippen LogP contribution in [-0.4, -0.2) is 25.5 Å². The summed E-state index contributed by atoms with van der Waals surface area (Å²) in [6, 6.07) is 4.46. The number of rotatable bonds is 6. The Morgan fingerprint density at radius 3 is 2.53 bits per heavy atom. The van der Waals surface area contributed by atoms with E-state index in [1.165, 1.54) is 12.1 Å². The van der Waals surface area contributed by atoms with Gasteiger partial charge in [0.1, 0.15) is 5.82 Å². The Bertz CT molecular complexity index is 435. The van der Waals surface area contributed by atoms with E-state index in [9.17, 15) is 9.18 Å². The number of anilines is 2. The highest BCUT2D eigenvalue weighted by molar-refractivity contribution is 5.95. The number of halogens is 1. The van der Waals surface area contributed by atoms with Crippen molar-refractivity contribution in [3.8, 4) is 0 Å². The second-order valence-electron chi connectivity index (χ2n) is 4.94. The van der Waals surface area contributed by atoms with E-state index in [2.05, 4.69) is 16.0 Å². The van der Waals surface area contributed by atoms with Crippen molar-refractivity contribution in [2.24, 2.45) is 5.92 Å². The van der Waals surface area contributed by atoms with Gasteiger partial charge in [-0.1, -0.05) is 6.92 Å². The Labute approximate surface area is 113 Å². The van der Waals surface area contributed by atoms with Gasteiger partial charge < -0.3 is 16.0 Å². The van der Waals surface area contributed by atoms with Crippen LogP contribution in [0.2, 0.25) is 0 Å². The standard InChI is InChI=1S/C14H22FN3O/c1-9(2)17-13-7-11(15)5-6-12(13)18-14(19)10(3)8-16-4/h5-7,9-10,16-17H,8H2,1-4H3,(H,18,19). The summed E-state index contributed by atoms with van der Waals surface area (Å²) in [5, 5.41) is 8.89. The third kappa shape index (κ3) is 4.87. The average Bonchev–Trinajstić information content (AvgIpc) is 2.32. The molecule has 4 nitrogen and oxygen atoms in total. The minimum Gasteiger partial charge on any atom is -0.381 e. The fourth-order valence-electron chi connectivity index (χ4n) is 1.71. The highest BCUT2D eigenvalue weighted by Crippen LogP contribution is 2.24. The Morgan fingerprint density at radius 2 is 1.95 bits per heavy atom. The van der Waals surface area contributed by atoms with Gasteiger partial charge in [-0.2, -0.15) is 0 Å². The number of amides is 1. The van der Waals surface area contributed by atoms with Gasteiger partial charge in [0.05, 0.1) is 11.4 Å². The smallest absolute Gasteiger partial charge is 0.228 e. The van der Waals surface area contributed by atoms with E-state index >= 15 is 0 Å². The van der Waals surface area contributed by atoms with Crippen LogP contribution in [0.1, 0.15) is 20.8 Å². The first kappa shape index (κ1) is 15.4. The van der Waals surface area contributed by atoms with Crippen molar-refractivity contribution < 1.29 is 9.18 Å². The van der Waals surface area contributed by atoms with Crippen molar-refractivity contribution in [1.29, 1.82) is 0 Å². The molecule has 1 aromatic rings. The summed E-state index contributed by atoms with van der Waals surface area (Å²) in [7, 11) is 1.80. The Balaban J connectivity index is 2.84. The van der Waals surface area contributed by atoms with E-state index in [-0.39, 0.29) is 23.7 Å². The lowest BCUT2D eigenvalue weighted by molar-refractivity contribution is -0.119. The third-order valence-corrected chi connectivity index (χ3v) is 2.64. The van der Waals surface area contributed by atoms with Crippen molar-refractivity contribution in [3.63, 3.8) is 0 Å². The summed E-state index contributed by atoms with van der Waals surface area (Å²) in [4.78, 5) is 12.0. The summed E-state index contributed by atoms with van der Waals surface area (Å²) in [5.41, 5.74) is 1.20. The van der Waals surface area contributed by atoms with E-state index in [0.29, 0.717) is 17.9 Å². The van der Waals surface area contributed by atoms with Crippen molar-refractivity contribution in [2.75, 3.05) is 24.2 Å². The van der Waals surface area contributed by atoms with Crippen LogP contribution >= 0.6 is 0 Å². The Hall–Kier alpha value is -1.62. The minimum atomic E-state index is -0.329. The normalized spacial score (nSPS) is 12.3. The zero-order valence-electron chi connectivity index (χ0n) is 11.9. The van der Waals surface area contributed by atoms with E-state index in [1.54, 1.807) is 13.1 Å². The molecule has 3 N–H and O–H groups in total. The quantitative estimate of drug-likeness (QED) is 0.742. The number of hydrogen-bond acceptors (Lipinski definition) is 3. The summed E-state index contributed by atoms with van der Waals surface area (Å²) >= 11 is 0. The van der Waals surface area contributed by atoms with E-state index in [0.717, 1.165) is 0 Å². The zero-order chi connectivity index (χ0) is 14.4. The van der Waals surface area contributed by atoms with Crippen LogP contribution in [0.5, 0.6) is 0 Å². The fraction of sp³-hybridized carbons (Fsp3) is 0.500. The molecule has 0 spiro atoms. The molecule has 106 valence electrons. The third-order valence-electron chi connectivity index (χ3n) is 2.64. The average molecular weight is 267 g/mol. The lowest BCUT2D eigenvalue weighted by Gasteiger charge is -2.17. The van der Waals surface area contributed by atoms with Gasteiger partial charge >= 0.3 is 0 Å². The van der Waals surface area contributed by atoms with E-state index in [4.69, 9.17) is 0 Å². The van der Waals surface area contributed by atoms with Gasteiger partial charge in [-0.15, -0.1) is 0 Å². The first-order chi connectivity index (χ1) is 8.93. The highest BCUT2D eigenvalue weighted by Gasteiger charge is 2.14. The summed E-state index contributed by atoms with van der Waals surface area (Å²) in [6.07, 6.45) is 0. The molecule has 1 atom stereocenters. The molecule has 1 amide bonds. The topological polar surface area (TPSA) is 53.2 Å². The van der Waals surface area contributed by atoms with E-state index in [1.807, 2.05) is 20.8 Å². The first-order valence-corrected chi connectivity index (χ1v) is 6.45. The van der Waals surface area contributed by atoms with Crippen LogP contribution in [0, 0.1) is 11.7 Å². The molecule has 0 saturated carbocycles. The van der Waals surface area contributed by atoms with Gasteiger partial charge in [-0.05, 0) is 39.1 Å². The maximum atomic E-state index is 13.3. The van der Waals surface area contributed by atoms with Gasteiger partial charge in [0.25, 0.3) is 0 Å². The van der Waals surface area contributed by atoms with Crippen molar-refractivity contribution in [2.45, 2.75) is 26.8 Å². The molecule has 0 heterocycles. The molecule has 0 bridgehead atoms. The predicted molar refractivity (Wildman–Crippen MR) is 76.9 cm³/mol. The summed E-state index contributed by atoms with van der Waals surface area (Å²) < 4.78 is 13.3. The molecule has 0 aromatic heterocycles. The van der Waals surface area contributed by atoms with Gasteiger partial charge in [0.2, 0.25) is 5.91 Å². The zero-order valence-corrected chi connectivity index (χ0v) is 11.9. The van der Waals surface area contributed by atoms with Crippen molar-refractivity contribution in [1.82, 2.24) is 5.32 Å². The largest absolute Gasteiger partial charge is 0.381 e. The van der Waals surface area contributed by atoms with Crippen molar-refractivity contribution >= 4 is 17.3 Å². The molecule has 0 aliphatic rings. The van der Waals surface area contributed by atoms with Gasteiger partial charge in [-0.3, -0.25) is 4.79 Å². The van der Waals surface area contributed by atoms with Gasteiger partial charge in [-0.25, -0.2) is 4.39 Å². The molecule has 19 heavy (non-hydrogen) atoms. The van der Waals surface area contributed by atoms with Crippen molar-refractivity contribution in [3.05, 3.63) is 24.0 Å². The molecule has 0 saturated heterocycles. The molecule has 0 fully saturated rings. The second kappa shape index (κ2) is 7.09. The van der Waals surface area contributed by atoms with Crippen LogP contribution < -0.4 is 16.0 Å². The molecular formula is C14H22FN3O. The van der Waals surface area contributed by atoms with Gasteiger partial charge in [0.15, 0.2) is 0 Å². The molecule has 0 radical (unpaired) electrons. The molecule has 1 rings (SSSR count). The van der Waals surface area contributed by atoms with Crippen LogP contribution in [-0.2, 0) is 4.79 Å². The maximum absolute atomic E-state index is 13.3. The summed E-state index contributed by atoms with van der Waals surface area (Å²) in [6.45, 7) is 6.35. The first-order valence-electron chi connectivity index (χ1n) is 6.45. The monoisotopic (exact) mass is 267 g/mol. The highest BCUT2D eigenvalue weighted by atomic mass is 19.1. The predicted octanol–water partition coefficient (Wildman–Crippen LogP) is 2.44. The number of benzene rings is 1. The number of nitrogens with one attached hydrogen (secondary N) is 3. The van der Waals surface area contributed by atoms with Crippen LogP contribution in [0.15, 0.2) is 18.2 Å². The second-order valence-corrected chi connectivity index (χ2v) is 4.94. The maximum Gasteiger partial charge on any atom is 0.228 e. The Morgan fingerprint density at radius 1 is 1.26 bits per heavy atom. The molecule has 5 heteroatoms. The van der Waals surface area contributed by atoms with Crippen LogP contribution in [0.4, 0.5) is 15.8 Å². The lowest BCUT2D eigenvalue weighted by Crippen LogP contribution is -2.29. The minimum absolute atomic E-state index is 0.0900. The number of carbonyl (C=O) groups is 1. The SMILES string of the molecule is CNCC(C)C(=O)Nc1ccc(F)cc1NC(C)C. The van der Waals surface area contributed by atoms with Gasteiger partial charge in [0, 0.05) is 18.5 Å². The van der Waals surface area contributed by atoms with Crippen LogP contribution in [0.25, 0.3) is 0 Å². The fourth-order valence-corrected chi connectivity index (χ4v) is 1.71. The number of hydrogen-bond donors (Lipinski definition) is 3. The van der Waals surface area contributed by atoms with E-state index < -0.39 is 0 Å². The molecule has 0 aliphatic carbocycles. The molecule has 0 aliphatic heterocycles. The Kier molecular flexibility index (Phi) is 5.76. The summed E-state index contributed by atoms with van der Waals surface area (Å²) in [5.74, 6) is -0.570. The number of carbonyl (C=O) groups excluding carboxylic acids is 1. The molecule has 1 unspecified atom stereocenters. The lowest BCUT2D eigenvalue weighted by atomic mass is 10.1. The van der Waals surface area contributed by atoms with Crippen LogP contribution in [0.3, 0.4) is 0 Å². The molecular weight excluding hydrogens is 245 g/mol. The molecule has 1 aromatic carbocycles.